The third-order valence-electron chi connectivity index (χ3n) is 1.85. The van der Waals surface area contributed by atoms with E-state index in [1.54, 1.807) is 41.5 Å². The van der Waals surface area contributed by atoms with Crippen LogP contribution in [0.25, 0.3) is 0 Å². The van der Waals surface area contributed by atoms with Crippen molar-refractivity contribution in [3.05, 3.63) is 12.3 Å². The van der Waals surface area contributed by atoms with Crippen LogP contribution < -0.4 is 5.06 Å². The second-order valence-electron chi connectivity index (χ2n) is 6.23. The van der Waals surface area contributed by atoms with Gasteiger partial charge < -0.3 is 4.74 Å². The predicted octanol–water partition coefficient (Wildman–Crippen LogP) is 2.36. The summed E-state index contributed by atoms with van der Waals surface area (Å²) in [4.78, 5) is 28.2. The Morgan fingerprint density at radius 3 is 2.30 bits per heavy atom. The molecular formula is C13H21N3O4. The van der Waals surface area contributed by atoms with E-state index in [9.17, 15) is 9.59 Å². The zero-order valence-corrected chi connectivity index (χ0v) is 12.7. The van der Waals surface area contributed by atoms with E-state index in [1.165, 1.54) is 12.3 Å². The maximum Gasteiger partial charge on any atom is 0.435 e. The summed E-state index contributed by atoms with van der Waals surface area (Å²) in [5, 5.41) is 4.93. The van der Waals surface area contributed by atoms with Crippen LogP contribution in [0, 0.1) is 0 Å². The number of carbonyl (C=O) groups excluding carboxylic acids is 2. The van der Waals surface area contributed by atoms with E-state index >= 15 is 0 Å². The topological polar surface area (TPSA) is 73.7 Å². The van der Waals surface area contributed by atoms with Gasteiger partial charge in [0.1, 0.15) is 5.60 Å². The first-order chi connectivity index (χ1) is 9.02. The van der Waals surface area contributed by atoms with E-state index in [0.717, 1.165) is 9.75 Å². The molecule has 0 saturated heterocycles. The monoisotopic (exact) mass is 283 g/mol. The zero-order valence-electron chi connectivity index (χ0n) is 12.7. The lowest BCUT2D eigenvalue weighted by molar-refractivity contribution is -0.120. The zero-order chi connectivity index (χ0) is 15.6. The highest BCUT2D eigenvalue weighted by atomic mass is 16.7. The molecule has 0 radical (unpaired) electrons. The van der Waals surface area contributed by atoms with Gasteiger partial charge in [-0.1, -0.05) is 0 Å². The first kappa shape index (κ1) is 16.2. The largest absolute Gasteiger partial charge is 0.442 e. The molecule has 0 atom stereocenters. The van der Waals surface area contributed by atoms with Gasteiger partial charge in [0.2, 0.25) is 6.41 Å². The van der Waals surface area contributed by atoms with Crippen LogP contribution in [-0.2, 0) is 14.4 Å². The molecule has 0 aromatic carbocycles. The smallest absolute Gasteiger partial charge is 0.435 e. The lowest BCUT2D eigenvalue weighted by atomic mass is 10.2. The van der Waals surface area contributed by atoms with Crippen molar-refractivity contribution in [2.24, 2.45) is 0 Å². The highest BCUT2D eigenvalue weighted by Gasteiger charge is 2.22. The van der Waals surface area contributed by atoms with Crippen molar-refractivity contribution in [2.45, 2.75) is 52.7 Å². The van der Waals surface area contributed by atoms with Gasteiger partial charge in [-0.3, -0.25) is 9.63 Å². The summed E-state index contributed by atoms with van der Waals surface area (Å²) < 4.78 is 6.18. The third kappa shape index (κ3) is 5.00. The molecule has 0 N–H and O–H groups in total. The van der Waals surface area contributed by atoms with Gasteiger partial charge >= 0.3 is 6.09 Å². The number of hydrogen-bond donors (Lipinski definition) is 0. The number of rotatable bonds is 3. The lowest BCUT2D eigenvalue weighted by Gasteiger charge is -2.24. The molecule has 1 aromatic rings. The van der Waals surface area contributed by atoms with Gasteiger partial charge in [-0.15, -0.1) is 5.10 Å². The van der Waals surface area contributed by atoms with Crippen LogP contribution in [0.1, 0.15) is 41.5 Å². The van der Waals surface area contributed by atoms with Crippen molar-refractivity contribution in [3.8, 4) is 0 Å². The Bertz CT molecular complexity index is 483. The van der Waals surface area contributed by atoms with Crippen LogP contribution in [0.2, 0.25) is 0 Å². The molecule has 1 amide bonds. The molecule has 0 fully saturated rings. The van der Waals surface area contributed by atoms with Crippen molar-refractivity contribution in [1.29, 1.82) is 0 Å². The fourth-order valence-electron chi connectivity index (χ4n) is 1.26. The number of carbonyl (C=O) groups is 2. The molecule has 7 nitrogen and oxygen atoms in total. The molecule has 0 aliphatic carbocycles. The van der Waals surface area contributed by atoms with Gasteiger partial charge in [0.25, 0.3) is 0 Å². The van der Waals surface area contributed by atoms with Crippen molar-refractivity contribution < 1.29 is 19.2 Å². The molecule has 0 spiro atoms. The SMILES string of the molecule is CC(C)(C)OC(=O)n1ccc(N(C=O)OC(C)(C)C)n1. The Hall–Kier alpha value is -1.89. The Labute approximate surface area is 118 Å². The van der Waals surface area contributed by atoms with Gasteiger partial charge in [-0.25, -0.2) is 4.79 Å². The Morgan fingerprint density at radius 1 is 1.25 bits per heavy atom. The maximum atomic E-state index is 11.8. The molecule has 20 heavy (non-hydrogen) atoms. The lowest BCUT2D eigenvalue weighted by Crippen LogP contribution is -2.33. The van der Waals surface area contributed by atoms with Gasteiger partial charge in [-0.2, -0.15) is 9.75 Å². The molecule has 0 saturated carbocycles. The predicted molar refractivity (Wildman–Crippen MR) is 73.2 cm³/mol. The number of anilines is 1. The van der Waals surface area contributed by atoms with Crippen molar-refractivity contribution in [1.82, 2.24) is 9.78 Å². The van der Waals surface area contributed by atoms with Crippen molar-refractivity contribution in [3.63, 3.8) is 0 Å². The van der Waals surface area contributed by atoms with Crippen LogP contribution in [-0.4, -0.2) is 33.5 Å². The number of hydrogen-bond acceptors (Lipinski definition) is 5. The minimum absolute atomic E-state index is 0.209. The Morgan fingerprint density at radius 2 is 1.85 bits per heavy atom. The molecular weight excluding hydrogens is 262 g/mol. The van der Waals surface area contributed by atoms with E-state index in [2.05, 4.69) is 5.10 Å². The minimum atomic E-state index is -0.620. The fourth-order valence-corrected chi connectivity index (χ4v) is 1.26. The van der Waals surface area contributed by atoms with Gasteiger partial charge in [0.05, 0.1) is 5.60 Å². The van der Waals surface area contributed by atoms with Crippen LogP contribution in [0.15, 0.2) is 12.3 Å². The average molecular weight is 283 g/mol. The van der Waals surface area contributed by atoms with E-state index in [4.69, 9.17) is 9.57 Å². The maximum absolute atomic E-state index is 11.8. The van der Waals surface area contributed by atoms with Crippen molar-refractivity contribution >= 4 is 18.3 Å². The van der Waals surface area contributed by atoms with Crippen LogP contribution >= 0.6 is 0 Å². The molecule has 0 aliphatic heterocycles. The Kier molecular flexibility index (Phi) is 4.54. The van der Waals surface area contributed by atoms with E-state index in [-0.39, 0.29) is 5.82 Å². The molecule has 7 heteroatoms. The van der Waals surface area contributed by atoms with Gasteiger partial charge in [0.15, 0.2) is 5.82 Å². The number of nitrogens with zero attached hydrogens (tertiary/aromatic N) is 3. The summed E-state index contributed by atoms with van der Waals surface area (Å²) in [7, 11) is 0. The normalized spacial score (nSPS) is 12.1. The first-order valence-electron chi connectivity index (χ1n) is 6.24. The highest BCUT2D eigenvalue weighted by molar-refractivity contribution is 5.73. The van der Waals surface area contributed by atoms with Crippen LogP contribution in [0.5, 0.6) is 0 Å². The summed E-state index contributed by atoms with van der Waals surface area (Å²) in [6.45, 7) is 10.7. The molecule has 1 heterocycles. The highest BCUT2D eigenvalue weighted by Crippen LogP contribution is 2.17. The number of aromatic nitrogens is 2. The number of amides is 1. The molecule has 0 bridgehead atoms. The molecule has 112 valence electrons. The standard InChI is InChI=1S/C13H21N3O4/c1-12(2,3)19-11(18)15-8-7-10(14-15)16(9-17)20-13(4,5)6/h7-9H,1-6H3. The van der Waals surface area contributed by atoms with Gasteiger partial charge in [0, 0.05) is 12.3 Å². The molecule has 0 unspecified atom stereocenters. The third-order valence-corrected chi connectivity index (χ3v) is 1.85. The van der Waals surface area contributed by atoms with E-state index in [0.29, 0.717) is 6.41 Å². The number of ether oxygens (including phenoxy) is 1. The molecule has 1 rings (SSSR count). The summed E-state index contributed by atoms with van der Waals surface area (Å²) in [6, 6.07) is 1.49. The summed E-state index contributed by atoms with van der Waals surface area (Å²) in [6.07, 6.45) is 1.28. The van der Waals surface area contributed by atoms with Gasteiger partial charge in [-0.05, 0) is 41.5 Å². The fraction of sp³-hybridized carbons (Fsp3) is 0.615. The summed E-state index contributed by atoms with van der Waals surface area (Å²) in [5.41, 5.74) is -1.17. The van der Waals surface area contributed by atoms with Crippen LogP contribution in [0.4, 0.5) is 10.6 Å². The Balaban J connectivity index is 2.85. The summed E-state index contributed by atoms with van der Waals surface area (Å²) >= 11 is 0. The second-order valence-corrected chi connectivity index (χ2v) is 6.23. The average Bonchev–Trinajstić information content (AvgIpc) is 2.71. The van der Waals surface area contributed by atoms with E-state index in [1.807, 2.05) is 0 Å². The summed E-state index contributed by atoms with van der Waals surface area (Å²) in [5.74, 6) is 0.209. The first-order valence-corrected chi connectivity index (χ1v) is 6.24. The second kappa shape index (κ2) is 5.62. The van der Waals surface area contributed by atoms with Crippen LogP contribution in [0.3, 0.4) is 0 Å². The minimum Gasteiger partial charge on any atom is -0.442 e. The molecule has 1 aromatic heterocycles. The molecule has 0 aliphatic rings. The van der Waals surface area contributed by atoms with E-state index < -0.39 is 17.3 Å². The number of hydroxylamine groups is 1. The van der Waals surface area contributed by atoms with Crippen molar-refractivity contribution in [2.75, 3.05) is 5.06 Å². The quantitative estimate of drug-likeness (QED) is 0.629.